The third-order valence-electron chi connectivity index (χ3n) is 1.11. The molecular weight excluding hydrogens is 261 g/mol. The van der Waals surface area contributed by atoms with E-state index in [1.165, 1.54) is 0 Å². The van der Waals surface area contributed by atoms with E-state index in [4.69, 9.17) is 0 Å². The van der Waals surface area contributed by atoms with Gasteiger partial charge in [0.25, 0.3) is 0 Å². The Morgan fingerprint density at radius 3 is 0.600 bits per heavy atom. The van der Waals surface area contributed by atoms with Gasteiger partial charge < -0.3 is 0 Å². The third kappa shape index (κ3) is 2.90. The van der Waals surface area contributed by atoms with E-state index in [1.54, 1.807) is 0 Å². The molecule has 0 aliphatic rings. The largest absolute Gasteiger partial charge is 0.460 e. The van der Waals surface area contributed by atoms with E-state index in [-0.39, 0.29) is 29.6 Å². The van der Waals surface area contributed by atoms with Gasteiger partial charge in [-0.1, -0.05) is 0 Å². The van der Waals surface area contributed by atoms with Crippen LogP contribution in [0, 0.1) is 0 Å². The Balaban J connectivity index is 0. The summed E-state index contributed by atoms with van der Waals surface area (Å²) in [5.74, 6) is -14.3. The van der Waals surface area contributed by atoms with Crippen LogP contribution in [0.3, 0.4) is 0 Å². The van der Waals surface area contributed by atoms with Gasteiger partial charge in [-0.3, -0.25) is 0 Å². The molecule has 0 aromatic heterocycles. The predicted octanol–water partition coefficient (Wildman–Crippen LogP) is 3.00. The van der Waals surface area contributed by atoms with Gasteiger partial charge in [0.05, 0.1) is 0 Å². The minimum absolute atomic E-state index is 0. The van der Waals surface area contributed by atoms with Crippen LogP contribution in [0.15, 0.2) is 0 Å². The molecule has 0 aliphatic carbocycles. The maximum atomic E-state index is 11.6. The molecule has 0 spiro atoms. The van der Waals surface area contributed by atoms with Crippen molar-refractivity contribution >= 4 is 29.6 Å². The molecule has 15 heavy (non-hydrogen) atoms. The van der Waals surface area contributed by atoms with Gasteiger partial charge in [0.2, 0.25) is 0 Å². The van der Waals surface area contributed by atoms with E-state index in [0.29, 0.717) is 0 Å². The molecule has 0 aromatic carbocycles. The summed E-state index contributed by atoms with van der Waals surface area (Å²) < 4.78 is 113. The van der Waals surface area contributed by atoms with Crippen molar-refractivity contribution in [2.45, 2.75) is 24.2 Å². The topological polar surface area (TPSA) is 0 Å². The average molecular weight is 261 g/mol. The fourth-order valence-electron chi connectivity index (χ4n) is 0.356. The summed E-state index contributed by atoms with van der Waals surface area (Å²) in [7, 11) is 0. The van der Waals surface area contributed by atoms with Gasteiger partial charge in [-0.2, -0.15) is 43.9 Å². The molecule has 0 bridgehead atoms. The van der Waals surface area contributed by atoms with Gasteiger partial charge in [-0.25, -0.2) is 0 Å². The van der Waals surface area contributed by atoms with E-state index < -0.39 is 24.2 Å². The van der Waals surface area contributed by atoms with Crippen molar-refractivity contribution in [2.75, 3.05) is 0 Å². The van der Waals surface area contributed by atoms with E-state index in [0.717, 1.165) is 0 Å². The predicted molar refractivity (Wildman–Crippen MR) is 27.8 cm³/mol. The number of alkyl halides is 10. The van der Waals surface area contributed by atoms with Crippen LogP contribution in [0.4, 0.5) is 43.9 Å². The van der Waals surface area contributed by atoms with Crippen LogP contribution in [0.2, 0.25) is 0 Å². The first-order chi connectivity index (χ1) is 5.75. The van der Waals surface area contributed by atoms with E-state index in [2.05, 4.69) is 0 Å². The van der Waals surface area contributed by atoms with Gasteiger partial charge in [0, 0.05) is 29.6 Å². The van der Waals surface area contributed by atoms with Crippen molar-refractivity contribution in [2.24, 2.45) is 0 Å². The normalized spacial score (nSPS) is 14.8. The zero-order valence-electron chi connectivity index (χ0n) is 6.78. The molecule has 0 heterocycles. The monoisotopic (exact) mass is 261 g/mol. The van der Waals surface area contributed by atoms with Crippen LogP contribution in [-0.4, -0.2) is 53.8 Å². The summed E-state index contributed by atoms with van der Waals surface area (Å²) in [6, 6.07) is 0. The van der Waals surface area contributed by atoms with Crippen molar-refractivity contribution in [3.05, 3.63) is 0 Å². The second-order valence-corrected chi connectivity index (χ2v) is 2.14. The summed E-state index contributed by atoms with van der Waals surface area (Å²) in [5.41, 5.74) is 0. The summed E-state index contributed by atoms with van der Waals surface area (Å²) in [4.78, 5) is 0. The maximum Gasteiger partial charge on any atom is 0.460 e. The first-order valence-corrected chi connectivity index (χ1v) is 2.64. The number of hydrogen-bond donors (Lipinski definition) is 0. The van der Waals surface area contributed by atoms with Gasteiger partial charge in [-0.05, 0) is 0 Å². The van der Waals surface area contributed by atoms with E-state index >= 15 is 0 Å². The molecule has 0 aliphatic heterocycles. The van der Waals surface area contributed by atoms with Gasteiger partial charge in [-0.15, -0.1) is 0 Å². The summed E-state index contributed by atoms with van der Waals surface area (Å²) in [6.07, 6.45) is -13.9. The molecule has 0 saturated carbocycles. The number of rotatable bonds is 1. The fraction of sp³-hybridized carbons (Fsp3) is 1.00. The molecule has 0 amide bonds. The van der Waals surface area contributed by atoms with Crippen molar-refractivity contribution < 1.29 is 43.9 Å². The Morgan fingerprint density at radius 2 is 0.533 bits per heavy atom. The van der Waals surface area contributed by atoms with Crippen LogP contribution in [0.1, 0.15) is 0 Å². The van der Waals surface area contributed by atoms with Crippen LogP contribution >= 0.6 is 0 Å². The standard InChI is InChI=1S/C4F10.Na/c5-1(6,3(9,10)11)2(7,8)4(12,13)14;. The van der Waals surface area contributed by atoms with Gasteiger partial charge >= 0.3 is 24.2 Å². The van der Waals surface area contributed by atoms with Crippen molar-refractivity contribution in [3.8, 4) is 0 Å². The van der Waals surface area contributed by atoms with Crippen LogP contribution in [-0.2, 0) is 0 Å². The second-order valence-electron chi connectivity index (χ2n) is 2.14. The summed E-state index contributed by atoms with van der Waals surface area (Å²) >= 11 is 0. The first-order valence-electron chi connectivity index (χ1n) is 2.64. The minimum atomic E-state index is -7.14. The van der Waals surface area contributed by atoms with Crippen molar-refractivity contribution in [1.82, 2.24) is 0 Å². The molecule has 0 atom stereocenters. The van der Waals surface area contributed by atoms with Crippen LogP contribution in [0.5, 0.6) is 0 Å². The van der Waals surface area contributed by atoms with E-state index in [9.17, 15) is 43.9 Å². The Morgan fingerprint density at radius 1 is 0.400 bits per heavy atom. The molecule has 1 radical (unpaired) electrons. The Labute approximate surface area is 97.9 Å². The first kappa shape index (κ1) is 17.7. The Kier molecular flexibility index (Phi) is 5.05. The zero-order chi connectivity index (χ0) is 12.0. The fourth-order valence-corrected chi connectivity index (χ4v) is 0.356. The summed E-state index contributed by atoms with van der Waals surface area (Å²) in [5, 5.41) is 0. The van der Waals surface area contributed by atoms with Gasteiger partial charge in [0.15, 0.2) is 0 Å². The molecule has 0 fully saturated rings. The van der Waals surface area contributed by atoms with Crippen LogP contribution in [0.25, 0.3) is 0 Å². The number of halogens is 10. The summed E-state index contributed by atoms with van der Waals surface area (Å²) in [6.45, 7) is 0. The van der Waals surface area contributed by atoms with E-state index in [1.807, 2.05) is 0 Å². The molecule has 0 saturated heterocycles. The second kappa shape index (κ2) is 4.28. The average Bonchev–Trinajstić information content (AvgIpc) is 1.81. The van der Waals surface area contributed by atoms with Crippen molar-refractivity contribution in [3.63, 3.8) is 0 Å². The molecular formula is C4F10Na. The smallest absolute Gasteiger partial charge is 0.189 e. The molecule has 0 unspecified atom stereocenters. The van der Waals surface area contributed by atoms with Gasteiger partial charge in [0.1, 0.15) is 0 Å². The third-order valence-corrected chi connectivity index (χ3v) is 1.11. The van der Waals surface area contributed by atoms with Crippen LogP contribution < -0.4 is 0 Å². The zero-order valence-corrected chi connectivity index (χ0v) is 8.78. The Bertz CT molecular complexity index is 186. The SMILES string of the molecule is FC(F)(F)C(F)(F)C(F)(F)C(F)(F)F.[Na]. The van der Waals surface area contributed by atoms with Crippen molar-refractivity contribution in [1.29, 1.82) is 0 Å². The molecule has 0 nitrogen and oxygen atoms in total. The maximum absolute atomic E-state index is 11.6. The molecule has 87 valence electrons. The molecule has 11 heteroatoms. The quantitative estimate of drug-likeness (QED) is 0.502. The molecule has 0 aromatic rings. The molecule has 0 N–H and O–H groups in total. The minimum Gasteiger partial charge on any atom is -0.189 e. The molecule has 0 rings (SSSR count). The number of hydrogen-bond acceptors (Lipinski definition) is 0. The Hall–Kier alpha value is 0.300.